The van der Waals surface area contributed by atoms with E-state index in [1.54, 1.807) is 66.9 Å². The molecule has 8 heteroatoms. The van der Waals surface area contributed by atoms with Crippen LogP contribution < -0.4 is 10.2 Å². The van der Waals surface area contributed by atoms with Crippen molar-refractivity contribution in [3.05, 3.63) is 99.1 Å². The number of ether oxygens (including phenoxy) is 1. The Morgan fingerprint density at radius 3 is 2.36 bits per heavy atom. The number of nitrogens with one attached hydrogen (secondary N) is 1. The molecule has 0 aliphatic carbocycles. The molecule has 0 aromatic heterocycles. The second kappa shape index (κ2) is 8.79. The number of halogens is 1. The highest BCUT2D eigenvalue weighted by Crippen LogP contribution is 2.19. The first-order chi connectivity index (χ1) is 13.5. The van der Waals surface area contributed by atoms with Crippen molar-refractivity contribution in [1.82, 2.24) is 0 Å². The molecule has 3 rings (SSSR count). The molecule has 0 amide bonds. The van der Waals surface area contributed by atoms with Gasteiger partial charge in [-0.05, 0) is 54.1 Å². The SMILES string of the molecule is O=C(Oc1ccc(/C=N/Nc2ccc([N+](=O)[O-])cc2)cc1)c1ccccc1Cl. The number of carbonyl (C=O) groups is 1. The number of nitrogens with zero attached hydrogens (tertiary/aromatic N) is 2. The molecule has 0 saturated heterocycles. The van der Waals surface area contributed by atoms with Crippen molar-refractivity contribution in [1.29, 1.82) is 0 Å². The van der Waals surface area contributed by atoms with Crippen molar-refractivity contribution in [2.75, 3.05) is 5.43 Å². The summed E-state index contributed by atoms with van der Waals surface area (Å²) in [7, 11) is 0. The lowest BCUT2D eigenvalue weighted by Crippen LogP contribution is -2.08. The fraction of sp³-hybridized carbons (Fsp3) is 0. The Morgan fingerprint density at radius 1 is 1.04 bits per heavy atom. The monoisotopic (exact) mass is 395 g/mol. The number of esters is 1. The number of anilines is 1. The molecule has 0 unspecified atom stereocenters. The Labute approximate surface area is 165 Å². The maximum atomic E-state index is 12.1. The molecule has 0 saturated carbocycles. The van der Waals surface area contributed by atoms with E-state index >= 15 is 0 Å². The van der Waals surface area contributed by atoms with Gasteiger partial charge < -0.3 is 4.74 Å². The number of hydrogen-bond donors (Lipinski definition) is 1. The minimum Gasteiger partial charge on any atom is -0.423 e. The van der Waals surface area contributed by atoms with Crippen LogP contribution >= 0.6 is 11.6 Å². The minimum absolute atomic E-state index is 0.0106. The van der Waals surface area contributed by atoms with Crippen LogP contribution in [0.3, 0.4) is 0 Å². The van der Waals surface area contributed by atoms with Gasteiger partial charge in [0.15, 0.2) is 0 Å². The van der Waals surface area contributed by atoms with Crippen molar-refractivity contribution in [2.45, 2.75) is 0 Å². The number of nitro groups is 1. The van der Waals surface area contributed by atoms with Gasteiger partial charge in [0.2, 0.25) is 0 Å². The van der Waals surface area contributed by atoms with Gasteiger partial charge in [0.05, 0.1) is 27.4 Å². The summed E-state index contributed by atoms with van der Waals surface area (Å²) in [5.41, 5.74) is 4.47. The van der Waals surface area contributed by atoms with Crippen LogP contribution in [0.1, 0.15) is 15.9 Å². The Hall–Kier alpha value is -3.71. The standard InChI is InChI=1S/C20H14ClN3O4/c21-19-4-2-1-3-18(19)20(25)28-17-11-5-14(6-12-17)13-22-23-15-7-9-16(10-8-15)24(26)27/h1-13,23H/b22-13+. The summed E-state index contributed by atoms with van der Waals surface area (Å²) in [6.45, 7) is 0. The molecule has 0 aliphatic rings. The molecule has 140 valence electrons. The van der Waals surface area contributed by atoms with Gasteiger partial charge in [-0.1, -0.05) is 23.7 Å². The fourth-order valence-electron chi connectivity index (χ4n) is 2.25. The zero-order valence-electron chi connectivity index (χ0n) is 14.4. The highest BCUT2D eigenvalue weighted by atomic mass is 35.5. The molecule has 7 nitrogen and oxygen atoms in total. The molecular formula is C20H14ClN3O4. The van der Waals surface area contributed by atoms with Crippen LogP contribution in [0, 0.1) is 10.1 Å². The summed E-state index contributed by atoms with van der Waals surface area (Å²) in [5, 5.41) is 15.0. The topological polar surface area (TPSA) is 93.8 Å². The van der Waals surface area contributed by atoms with Gasteiger partial charge in [0, 0.05) is 12.1 Å². The normalized spacial score (nSPS) is 10.6. The maximum absolute atomic E-state index is 12.1. The molecule has 0 radical (unpaired) electrons. The molecule has 0 aliphatic heterocycles. The number of benzene rings is 3. The number of non-ortho nitro benzene ring substituents is 1. The van der Waals surface area contributed by atoms with Crippen LogP contribution in [0.25, 0.3) is 0 Å². The molecule has 1 N–H and O–H groups in total. The average Bonchev–Trinajstić information content (AvgIpc) is 2.70. The molecule has 0 heterocycles. The number of nitro benzene ring substituents is 1. The highest BCUT2D eigenvalue weighted by Gasteiger charge is 2.11. The Bertz CT molecular complexity index is 1020. The summed E-state index contributed by atoms with van der Waals surface area (Å²) < 4.78 is 5.30. The van der Waals surface area contributed by atoms with E-state index in [0.29, 0.717) is 22.0 Å². The Kier molecular flexibility index (Phi) is 5.98. The number of hydrogen-bond acceptors (Lipinski definition) is 6. The van der Waals surface area contributed by atoms with E-state index in [9.17, 15) is 14.9 Å². The summed E-state index contributed by atoms with van der Waals surface area (Å²) >= 11 is 5.98. The van der Waals surface area contributed by atoms with Crippen molar-refractivity contribution in [3.8, 4) is 5.75 Å². The van der Waals surface area contributed by atoms with Crippen molar-refractivity contribution < 1.29 is 14.5 Å². The average molecular weight is 396 g/mol. The van der Waals surface area contributed by atoms with Crippen molar-refractivity contribution >= 4 is 35.2 Å². The van der Waals surface area contributed by atoms with E-state index in [0.717, 1.165) is 5.56 Å². The second-order valence-corrected chi connectivity index (χ2v) is 6.02. The first-order valence-electron chi connectivity index (χ1n) is 8.13. The first kappa shape index (κ1) is 19.1. The van der Waals surface area contributed by atoms with E-state index in [1.807, 2.05) is 0 Å². The number of carbonyl (C=O) groups excluding carboxylic acids is 1. The van der Waals surface area contributed by atoms with Crippen LogP contribution in [-0.2, 0) is 0 Å². The highest BCUT2D eigenvalue weighted by molar-refractivity contribution is 6.33. The second-order valence-electron chi connectivity index (χ2n) is 5.61. The minimum atomic E-state index is -0.535. The van der Waals surface area contributed by atoms with E-state index in [-0.39, 0.29) is 5.69 Å². The van der Waals surface area contributed by atoms with E-state index in [1.165, 1.54) is 12.1 Å². The molecular weight excluding hydrogens is 382 g/mol. The summed E-state index contributed by atoms with van der Waals surface area (Å²) in [5.74, 6) is -0.155. The van der Waals surface area contributed by atoms with Gasteiger partial charge in [-0.15, -0.1) is 0 Å². The van der Waals surface area contributed by atoms with Gasteiger partial charge in [-0.25, -0.2) is 4.79 Å². The van der Waals surface area contributed by atoms with Gasteiger partial charge in [-0.3, -0.25) is 15.5 Å². The smallest absolute Gasteiger partial charge is 0.345 e. The molecule has 28 heavy (non-hydrogen) atoms. The van der Waals surface area contributed by atoms with Crippen molar-refractivity contribution in [3.63, 3.8) is 0 Å². The molecule has 3 aromatic rings. The molecule has 0 fully saturated rings. The Balaban J connectivity index is 1.58. The lowest BCUT2D eigenvalue weighted by molar-refractivity contribution is -0.384. The quantitative estimate of drug-likeness (QED) is 0.210. The predicted octanol–water partition coefficient (Wildman–Crippen LogP) is 4.91. The third-order valence-electron chi connectivity index (χ3n) is 3.67. The molecule has 0 atom stereocenters. The van der Waals surface area contributed by atoms with Crippen LogP contribution in [0.15, 0.2) is 77.9 Å². The third-order valence-corrected chi connectivity index (χ3v) is 4.00. The van der Waals surface area contributed by atoms with Gasteiger partial charge in [0.25, 0.3) is 5.69 Å². The van der Waals surface area contributed by atoms with Crippen LogP contribution in [0.4, 0.5) is 11.4 Å². The predicted molar refractivity (Wildman–Crippen MR) is 107 cm³/mol. The number of hydrazone groups is 1. The van der Waals surface area contributed by atoms with Gasteiger partial charge in [-0.2, -0.15) is 5.10 Å². The van der Waals surface area contributed by atoms with Gasteiger partial charge >= 0.3 is 5.97 Å². The van der Waals surface area contributed by atoms with Crippen LogP contribution in [0.2, 0.25) is 5.02 Å². The van der Waals surface area contributed by atoms with Crippen LogP contribution in [0.5, 0.6) is 5.75 Å². The zero-order valence-corrected chi connectivity index (χ0v) is 15.2. The van der Waals surface area contributed by atoms with Crippen LogP contribution in [-0.4, -0.2) is 17.1 Å². The molecule has 3 aromatic carbocycles. The number of rotatable bonds is 6. The first-order valence-corrected chi connectivity index (χ1v) is 8.51. The summed E-state index contributed by atoms with van der Waals surface area (Å²) in [6, 6.07) is 19.3. The van der Waals surface area contributed by atoms with Gasteiger partial charge in [0.1, 0.15) is 5.75 Å². The zero-order chi connectivity index (χ0) is 19.9. The summed E-state index contributed by atoms with van der Waals surface area (Å²) in [4.78, 5) is 22.3. The van der Waals surface area contributed by atoms with E-state index in [2.05, 4.69) is 10.5 Å². The van der Waals surface area contributed by atoms with Crippen molar-refractivity contribution in [2.24, 2.45) is 5.10 Å². The third kappa shape index (κ3) is 4.93. The molecule has 0 bridgehead atoms. The maximum Gasteiger partial charge on any atom is 0.345 e. The largest absolute Gasteiger partial charge is 0.423 e. The van der Waals surface area contributed by atoms with E-state index in [4.69, 9.17) is 16.3 Å². The lowest BCUT2D eigenvalue weighted by Gasteiger charge is -2.06. The van der Waals surface area contributed by atoms with E-state index < -0.39 is 10.9 Å². The Morgan fingerprint density at radius 2 is 1.71 bits per heavy atom. The lowest BCUT2D eigenvalue weighted by atomic mass is 10.2. The molecule has 0 spiro atoms. The fourth-order valence-corrected chi connectivity index (χ4v) is 2.46. The summed E-state index contributed by atoms with van der Waals surface area (Å²) in [6.07, 6.45) is 1.57.